The minimum absolute atomic E-state index is 0.120. The first-order valence-electron chi connectivity index (χ1n) is 7.97. The maximum Gasteiger partial charge on any atom is 0.227 e. The van der Waals surface area contributed by atoms with Crippen molar-refractivity contribution in [2.24, 2.45) is 0 Å². The van der Waals surface area contributed by atoms with Crippen LogP contribution in [-0.4, -0.2) is 39.2 Å². The van der Waals surface area contributed by atoms with Crippen LogP contribution in [0.2, 0.25) is 5.02 Å². The second kappa shape index (κ2) is 9.11. The van der Waals surface area contributed by atoms with E-state index in [4.69, 9.17) is 16.9 Å². The third-order valence-electron chi connectivity index (χ3n) is 3.68. The largest absolute Gasteiger partial charge is 0.385 e. The average Bonchev–Trinajstić information content (AvgIpc) is 2.62. The normalized spacial score (nSPS) is 11.6. The maximum atomic E-state index is 12.6. The molecule has 1 N–H and O–H groups in total. The number of amides is 1. The third-order valence-corrected chi connectivity index (χ3v) is 4.00. The molecular weight excluding hydrogens is 340 g/mol. The number of hydrogen-bond acceptors (Lipinski definition) is 5. The molecule has 0 radical (unpaired) electrons. The number of halogens is 1. The Kier molecular flexibility index (Phi) is 6.87. The summed E-state index contributed by atoms with van der Waals surface area (Å²) < 4.78 is 0. The van der Waals surface area contributed by atoms with E-state index in [1.54, 1.807) is 35.2 Å². The van der Waals surface area contributed by atoms with Crippen LogP contribution >= 0.6 is 11.6 Å². The van der Waals surface area contributed by atoms with Gasteiger partial charge in [-0.1, -0.05) is 24.6 Å². The smallest absolute Gasteiger partial charge is 0.227 e. The fraction of sp³-hybridized carbons (Fsp3) is 0.333. The summed E-state index contributed by atoms with van der Waals surface area (Å²) in [5, 5.41) is 27.2. The SMILES string of the molecule is CCCN(CC(O)c1cccnn1)C(=O)Cc1ccc(C#N)c(Cl)c1. The third kappa shape index (κ3) is 5.24. The number of hydrogen-bond donors (Lipinski definition) is 1. The Balaban J connectivity index is 2.07. The fourth-order valence-corrected chi connectivity index (χ4v) is 2.67. The minimum Gasteiger partial charge on any atom is -0.385 e. The van der Waals surface area contributed by atoms with Crippen molar-refractivity contribution in [2.45, 2.75) is 25.9 Å². The van der Waals surface area contributed by atoms with E-state index in [0.29, 0.717) is 22.8 Å². The zero-order valence-corrected chi connectivity index (χ0v) is 14.6. The second-order valence-electron chi connectivity index (χ2n) is 5.61. The maximum absolute atomic E-state index is 12.6. The Morgan fingerprint density at radius 1 is 1.44 bits per heavy atom. The summed E-state index contributed by atoms with van der Waals surface area (Å²) in [7, 11) is 0. The van der Waals surface area contributed by atoms with Crippen LogP contribution in [0.25, 0.3) is 0 Å². The zero-order chi connectivity index (χ0) is 18.2. The number of aliphatic hydroxyl groups is 1. The van der Waals surface area contributed by atoms with Crippen LogP contribution in [-0.2, 0) is 11.2 Å². The summed E-state index contributed by atoms with van der Waals surface area (Å²) >= 11 is 6.02. The summed E-state index contributed by atoms with van der Waals surface area (Å²) in [6.45, 7) is 2.64. The number of aromatic nitrogens is 2. The first-order valence-corrected chi connectivity index (χ1v) is 8.35. The lowest BCUT2D eigenvalue weighted by molar-refractivity contribution is -0.132. The molecule has 130 valence electrons. The number of aliphatic hydroxyl groups excluding tert-OH is 1. The van der Waals surface area contributed by atoms with Gasteiger partial charge in [0.25, 0.3) is 0 Å². The van der Waals surface area contributed by atoms with Crippen LogP contribution in [0.15, 0.2) is 36.5 Å². The Bertz CT molecular complexity index is 761. The monoisotopic (exact) mass is 358 g/mol. The number of carbonyl (C=O) groups is 1. The highest BCUT2D eigenvalue weighted by molar-refractivity contribution is 6.31. The molecule has 0 fully saturated rings. The van der Waals surface area contributed by atoms with E-state index in [0.717, 1.165) is 12.0 Å². The molecule has 0 aliphatic carbocycles. The molecule has 1 aromatic heterocycles. The summed E-state index contributed by atoms with van der Waals surface area (Å²) in [5.41, 5.74) is 1.53. The van der Waals surface area contributed by atoms with Crippen molar-refractivity contribution in [3.8, 4) is 6.07 Å². The summed E-state index contributed by atoms with van der Waals surface area (Å²) in [5.74, 6) is -0.120. The van der Waals surface area contributed by atoms with Gasteiger partial charge in [-0.05, 0) is 36.2 Å². The minimum atomic E-state index is -0.895. The van der Waals surface area contributed by atoms with Crippen LogP contribution < -0.4 is 0 Å². The zero-order valence-electron chi connectivity index (χ0n) is 13.9. The van der Waals surface area contributed by atoms with E-state index >= 15 is 0 Å². The van der Waals surface area contributed by atoms with Gasteiger partial charge < -0.3 is 10.0 Å². The Labute approximate surface area is 151 Å². The van der Waals surface area contributed by atoms with Gasteiger partial charge in [-0.15, -0.1) is 0 Å². The summed E-state index contributed by atoms with van der Waals surface area (Å²) in [6.07, 6.45) is 1.56. The van der Waals surface area contributed by atoms with Crippen LogP contribution in [0.1, 0.15) is 36.3 Å². The molecule has 1 atom stereocenters. The topological polar surface area (TPSA) is 90.1 Å². The Morgan fingerprint density at radius 2 is 2.24 bits per heavy atom. The quantitative estimate of drug-likeness (QED) is 0.821. The number of nitrogens with zero attached hydrogens (tertiary/aromatic N) is 4. The molecule has 0 bridgehead atoms. The molecule has 1 amide bonds. The lowest BCUT2D eigenvalue weighted by atomic mass is 10.1. The molecule has 1 unspecified atom stereocenters. The lowest BCUT2D eigenvalue weighted by Crippen LogP contribution is -2.36. The molecule has 25 heavy (non-hydrogen) atoms. The van der Waals surface area contributed by atoms with Gasteiger partial charge in [0.05, 0.1) is 29.2 Å². The van der Waals surface area contributed by atoms with Gasteiger partial charge in [-0.25, -0.2) is 0 Å². The number of carbonyl (C=O) groups excluding carboxylic acids is 1. The van der Waals surface area contributed by atoms with Crippen molar-refractivity contribution in [3.63, 3.8) is 0 Å². The summed E-state index contributed by atoms with van der Waals surface area (Å²) in [6, 6.07) is 10.3. The molecule has 0 spiro atoms. The molecular formula is C18H19ClN4O2. The molecule has 0 aliphatic heterocycles. The van der Waals surface area contributed by atoms with Crippen molar-refractivity contribution >= 4 is 17.5 Å². The van der Waals surface area contributed by atoms with Crippen LogP contribution in [0.4, 0.5) is 0 Å². The Hall–Kier alpha value is -2.49. The first-order chi connectivity index (χ1) is 12.0. The molecule has 6 nitrogen and oxygen atoms in total. The standard InChI is InChI=1S/C18H19ClN4O2/c1-2-8-23(12-17(24)16-4-3-7-21-22-16)18(25)10-13-5-6-14(11-20)15(19)9-13/h3-7,9,17,24H,2,8,10,12H2,1H3. The van der Waals surface area contributed by atoms with E-state index in [-0.39, 0.29) is 18.9 Å². The average molecular weight is 359 g/mol. The van der Waals surface area contributed by atoms with E-state index in [2.05, 4.69) is 10.2 Å². The molecule has 0 saturated heterocycles. The predicted molar refractivity (Wildman–Crippen MR) is 93.7 cm³/mol. The van der Waals surface area contributed by atoms with Gasteiger partial charge in [-0.2, -0.15) is 15.5 Å². The second-order valence-corrected chi connectivity index (χ2v) is 6.01. The van der Waals surface area contributed by atoms with Crippen molar-refractivity contribution in [2.75, 3.05) is 13.1 Å². The van der Waals surface area contributed by atoms with Crippen LogP contribution in [0.5, 0.6) is 0 Å². The summed E-state index contributed by atoms with van der Waals surface area (Å²) in [4.78, 5) is 14.2. The highest BCUT2D eigenvalue weighted by Crippen LogP contribution is 2.18. The van der Waals surface area contributed by atoms with Crippen LogP contribution in [0, 0.1) is 11.3 Å². The van der Waals surface area contributed by atoms with Crippen molar-refractivity contribution < 1.29 is 9.90 Å². The molecule has 1 heterocycles. The molecule has 2 rings (SSSR count). The predicted octanol–water partition coefficient (Wildman–Crippen LogP) is 2.52. The van der Waals surface area contributed by atoms with Gasteiger partial charge in [0.1, 0.15) is 12.2 Å². The highest BCUT2D eigenvalue weighted by atomic mass is 35.5. The van der Waals surface area contributed by atoms with Crippen molar-refractivity contribution in [3.05, 3.63) is 58.4 Å². The molecule has 2 aromatic rings. The lowest BCUT2D eigenvalue weighted by Gasteiger charge is -2.24. The van der Waals surface area contributed by atoms with E-state index in [1.165, 1.54) is 6.20 Å². The fourth-order valence-electron chi connectivity index (χ4n) is 2.43. The van der Waals surface area contributed by atoms with Crippen molar-refractivity contribution in [1.82, 2.24) is 15.1 Å². The van der Waals surface area contributed by atoms with Gasteiger partial charge in [0, 0.05) is 12.7 Å². The van der Waals surface area contributed by atoms with Gasteiger partial charge in [-0.3, -0.25) is 4.79 Å². The van der Waals surface area contributed by atoms with Gasteiger partial charge in [0.2, 0.25) is 5.91 Å². The van der Waals surface area contributed by atoms with Gasteiger partial charge in [0.15, 0.2) is 0 Å². The molecule has 1 aromatic carbocycles. The first kappa shape index (κ1) is 18.8. The van der Waals surface area contributed by atoms with E-state index in [1.807, 2.05) is 13.0 Å². The van der Waals surface area contributed by atoms with Crippen LogP contribution in [0.3, 0.4) is 0 Å². The Morgan fingerprint density at radius 3 is 2.84 bits per heavy atom. The molecule has 0 saturated carbocycles. The number of nitriles is 1. The highest BCUT2D eigenvalue weighted by Gasteiger charge is 2.19. The van der Waals surface area contributed by atoms with E-state index in [9.17, 15) is 9.90 Å². The number of benzene rings is 1. The molecule has 0 aliphatic rings. The van der Waals surface area contributed by atoms with Crippen molar-refractivity contribution in [1.29, 1.82) is 5.26 Å². The van der Waals surface area contributed by atoms with Gasteiger partial charge >= 0.3 is 0 Å². The van der Waals surface area contributed by atoms with E-state index < -0.39 is 6.10 Å². The number of rotatable bonds is 7. The molecule has 7 heteroatoms.